The van der Waals surface area contributed by atoms with Gasteiger partial charge in [-0.1, -0.05) is 11.6 Å². The predicted molar refractivity (Wildman–Crippen MR) is 75.4 cm³/mol. The fraction of sp³-hybridized carbons (Fsp3) is 0.583. The lowest BCUT2D eigenvalue weighted by Crippen LogP contribution is -2.46. The average molecular weight is 336 g/mol. The van der Waals surface area contributed by atoms with Crippen molar-refractivity contribution in [1.29, 1.82) is 0 Å². The Bertz CT molecular complexity index is 642. The zero-order valence-electron chi connectivity index (χ0n) is 10.5. The Morgan fingerprint density at radius 1 is 1.35 bits per heavy atom. The van der Waals surface area contributed by atoms with E-state index in [-0.39, 0.29) is 16.0 Å². The van der Waals surface area contributed by atoms with Crippen LogP contribution in [0.15, 0.2) is 16.3 Å². The Balaban J connectivity index is 1.85. The number of carboxylic acid groups (broad SMARTS) is 1. The first-order valence-electron chi connectivity index (χ1n) is 6.39. The smallest absolute Gasteiger partial charge is 0.308 e. The number of hydrogen-bond donors (Lipinski definition) is 2. The van der Waals surface area contributed by atoms with Crippen LogP contribution >= 0.6 is 22.9 Å². The van der Waals surface area contributed by atoms with Crippen molar-refractivity contribution in [2.24, 2.45) is 17.8 Å². The first-order valence-corrected chi connectivity index (χ1v) is 9.07. The second-order valence-electron chi connectivity index (χ2n) is 5.40. The zero-order chi connectivity index (χ0) is 14.5. The predicted octanol–water partition coefficient (Wildman–Crippen LogP) is 2.18. The van der Waals surface area contributed by atoms with Crippen LogP contribution in [0.4, 0.5) is 0 Å². The van der Waals surface area contributed by atoms with E-state index in [1.54, 1.807) is 0 Å². The molecule has 2 aliphatic carbocycles. The fourth-order valence-corrected chi connectivity index (χ4v) is 6.32. The summed E-state index contributed by atoms with van der Waals surface area (Å²) < 4.78 is 27.7. The Morgan fingerprint density at radius 3 is 2.65 bits per heavy atom. The third-order valence-electron chi connectivity index (χ3n) is 4.31. The van der Waals surface area contributed by atoms with Gasteiger partial charge in [0.1, 0.15) is 4.21 Å². The summed E-state index contributed by atoms with van der Waals surface area (Å²) in [6.07, 6.45) is 2.58. The van der Waals surface area contributed by atoms with Crippen molar-refractivity contribution in [3.8, 4) is 0 Å². The van der Waals surface area contributed by atoms with Crippen LogP contribution in [0, 0.1) is 17.8 Å². The molecule has 0 spiro atoms. The number of nitrogens with one attached hydrogen (secondary N) is 1. The molecule has 0 aliphatic heterocycles. The number of sulfonamides is 1. The number of rotatable bonds is 4. The number of fused-ring (bicyclic) bond motifs is 2. The monoisotopic (exact) mass is 335 g/mol. The maximum absolute atomic E-state index is 12.3. The Labute approximate surface area is 126 Å². The molecular formula is C12H14ClNO4S2. The van der Waals surface area contributed by atoms with Crippen molar-refractivity contribution in [3.63, 3.8) is 0 Å². The molecule has 110 valence electrons. The molecule has 3 rings (SSSR count). The highest BCUT2D eigenvalue weighted by Crippen LogP contribution is 2.49. The van der Waals surface area contributed by atoms with Crippen LogP contribution < -0.4 is 4.72 Å². The van der Waals surface area contributed by atoms with Gasteiger partial charge in [0.15, 0.2) is 0 Å². The third-order valence-corrected chi connectivity index (χ3v) is 7.49. The summed E-state index contributed by atoms with van der Waals surface area (Å²) in [7, 11) is -3.69. The Hall–Kier alpha value is -0.630. The van der Waals surface area contributed by atoms with E-state index in [1.807, 2.05) is 0 Å². The van der Waals surface area contributed by atoms with E-state index in [9.17, 15) is 18.3 Å². The van der Waals surface area contributed by atoms with Gasteiger partial charge in [0.05, 0.1) is 10.3 Å². The molecule has 2 bridgehead atoms. The van der Waals surface area contributed by atoms with E-state index in [0.29, 0.717) is 4.34 Å². The number of aliphatic carboxylic acids is 1. The summed E-state index contributed by atoms with van der Waals surface area (Å²) in [5, 5.41) is 9.32. The average Bonchev–Trinajstić information content (AvgIpc) is 3.02. The molecule has 0 saturated heterocycles. The molecule has 0 aromatic carbocycles. The highest BCUT2D eigenvalue weighted by molar-refractivity contribution is 7.91. The van der Waals surface area contributed by atoms with Gasteiger partial charge in [-0.25, -0.2) is 13.1 Å². The van der Waals surface area contributed by atoms with Crippen LogP contribution in [0.5, 0.6) is 0 Å². The van der Waals surface area contributed by atoms with Crippen molar-refractivity contribution in [1.82, 2.24) is 4.72 Å². The minimum Gasteiger partial charge on any atom is -0.481 e. The van der Waals surface area contributed by atoms with Gasteiger partial charge >= 0.3 is 5.97 Å². The van der Waals surface area contributed by atoms with Crippen molar-refractivity contribution >= 4 is 38.9 Å². The highest BCUT2D eigenvalue weighted by atomic mass is 35.5. The molecule has 2 saturated carbocycles. The fourth-order valence-electron chi connectivity index (χ4n) is 3.50. The summed E-state index contributed by atoms with van der Waals surface area (Å²) in [4.78, 5) is 11.4. The van der Waals surface area contributed by atoms with Gasteiger partial charge in [-0.2, -0.15) is 0 Å². The summed E-state index contributed by atoms with van der Waals surface area (Å²) in [6, 6.07) is 2.46. The second-order valence-corrected chi connectivity index (χ2v) is 9.06. The first-order chi connectivity index (χ1) is 9.38. The van der Waals surface area contributed by atoms with Crippen molar-refractivity contribution in [2.45, 2.75) is 29.5 Å². The van der Waals surface area contributed by atoms with E-state index in [0.717, 1.165) is 30.6 Å². The van der Waals surface area contributed by atoms with Gasteiger partial charge in [0.2, 0.25) is 10.0 Å². The SMILES string of the molecule is O=C(O)C1C2CCC(C2)C1NS(=O)(=O)c1ccc(Cl)s1. The molecule has 4 unspecified atom stereocenters. The number of thiophene rings is 1. The van der Waals surface area contributed by atoms with Crippen molar-refractivity contribution < 1.29 is 18.3 Å². The molecular weight excluding hydrogens is 322 g/mol. The first kappa shape index (κ1) is 14.3. The summed E-state index contributed by atoms with van der Waals surface area (Å²) in [5.41, 5.74) is 0. The van der Waals surface area contributed by atoms with Crippen LogP contribution in [0.2, 0.25) is 4.34 Å². The van der Waals surface area contributed by atoms with Gasteiger partial charge in [0.25, 0.3) is 0 Å². The van der Waals surface area contributed by atoms with Crippen LogP contribution in [0.1, 0.15) is 19.3 Å². The summed E-state index contributed by atoms with van der Waals surface area (Å²) in [5.74, 6) is -1.29. The lowest BCUT2D eigenvalue weighted by Gasteiger charge is -2.28. The van der Waals surface area contributed by atoms with Crippen LogP contribution in [-0.4, -0.2) is 25.5 Å². The highest BCUT2D eigenvalue weighted by Gasteiger charge is 2.52. The molecule has 8 heteroatoms. The third kappa shape index (κ3) is 2.36. The van der Waals surface area contributed by atoms with Gasteiger partial charge in [-0.3, -0.25) is 4.79 Å². The van der Waals surface area contributed by atoms with Gasteiger partial charge in [-0.05, 0) is 43.2 Å². The zero-order valence-corrected chi connectivity index (χ0v) is 12.8. The molecule has 20 heavy (non-hydrogen) atoms. The second kappa shape index (κ2) is 4.98. The van der Waals surface area contributed by atoms with Crippen molar-refractivity contribution in [2.75, 3.05) is 0 Å². The molecule has 4 atom stereocenters. The molecule has 0 amide bonds. The number of carboxylic acids is 1. The quantitative estimate of drug-likeness (QED) is 0.883. The summed E-state index contributed by atoms with van der Waals surface area (Å²) in [6.45, 7) is 0. The largest absolute Gasteiger partial charge is 0.481 e. The van der Waals surface area contributed by atoms with E-state index in [2.05, 4.69) is 4.72 Å². The molecule has 5 nitrogen and oxygen atoms in total. The normalized spacial score (nSPS) is 32.6. The van der Waals surface area contributed by atoms with E-state index in [1.165, 1.54) is 12.1 Å². The lowest BCUT2D eigenvalue weighted by molar-refractivity contribution is -0.144. The minimum atomic E-state index is -3.69. The molecule has 2 N–H and O–H groups in total. The molecule has 1 aromatic heterocycles. The lowest BCUT2D eigenvalue weighted by atomic mass is 9.85. The topological polar surface area (TPSA) is 83.5 Å². The molecule has 0 radical (unpaired) electrons. The van der Waals surface area contributed by atoms with E-state index >= 15 is 0 Å². The molecule has 2 aliphatic rings. The number of carbonyl (C=O) groups is 1. The number of halogens is 1. The molecule has 2 fully saturated rings. The Kier molecular flexibility index (Phi) is 3.56. The van der Waals surface area contributed by atoms with Gasteiger partial charge in [0, 0.05) is 6.04 Å². The van der Waals surface area contributed by atoms with Crippen LogP contribution in [-0.2, 0) is 14.8 Å². The van der Waals surface area contributed by atoms with Crippen LogP contribution in [0.3, 0.4) is 0 Å². The van der Waals surface area contributed by atoms with E-state index < -0.39 is 28.0 Å². The summed E-state index contributed by atoms with van der Waals surface area (Å²) >= 11 is 6.73. The maximum atomic E-state index is 12.3. The van der Waals surface area contributed by atoms with Gasteiger partial charge in [-0.15, -0.1) is 11.3 Å². The molecule has 1 aromatic rings. The van der Waals surface area contributed by atoms with Crippen molar-refractivity contribution in [3.05, 3.63) is 16.5 Å². The Morgan fingerprint density at radius 2 is 2.05 bits per heavy atom. The number of hydrogen-bond acceptors (Lipinski definition) is 4. The van der Waals surface area contributed by atoms with Gasteiger partial charge < -0.3 is 5.11 Å². The maximum Gasteiger partial charge on any atom is 0.308 e. The molecule has 1 heterocycles. The van der Waals surface area contributed by atoms with E-state index in [4.69, 9.17) is 11.6 Å². The van der Waals surface area contributed by atoms with Crippen LogP contribution in [0.25, 0.3) is 0 Å². The standard InChI is InChI=1S/C12H14ClNO4S2/c13-8-3-4-9(19-8)20(17,18)14-11-7-2-1-6(5-7)10(11)12(15)16/h3-4,6-7,10-11,14H,1-2,5H2,(H,15,16). The minimum absolute atomic E-state index is 0.0946.